The van der Waals surface area contributed by atoms with Crippen molar-refractivity contribution in [2.24, 2.45) is 0 Å². The van der Waals surface area contributed by atoms with Crippen molar-refractivity contribution in [1.29, 1.82) is 0 Å². The van der Waals surface area contributed by atoms with Gasteiger partial charge in [0.05, 0.1) is 22.5 Å². The summed E-state index contributed by atoms with van der Waals surface area (Å²) in [6.07, 6.45) is 1.03. The fourth-order valence-electron chi connectivity index (χ4n) is 3.22. The Kier molecular flexibility index (Phi) is 7.54. The van der Waals surface area contributed by atoms with Gasteiger partial charge in [0.2, 0.25) is 15.9 Å². The van der Waals surface area contributed by atoms with Gasteiger partial charge in [-0.2, -0.15) is 0 Å². The van der Waals surface area contributed by atoms with Crippen LogP contribution in [-0.4, -0.2) is 35.0 Å². The van der Waals surface area contributed by atoms with Crippen LogP contribution in [0.1, 0.15) is 12.5 Å². The van der Waals surface area contributed by atoms with Crippen LogP contribution in [0.15, 0.2) is 77.7 Å². The lowest BCUT2D eigenvalue weighted by Crippen LogP contribution is -2.45. The van der Waals surface area contributed by atoms with E-state index >= 15 is 0 Å². The number of amides is 1. The van der Waals surface area contributed by atoms with E-state index in [1.165, 1.54) is 37.3 Å². The van der Waals surface area contributed by atoms with Gasteiger partial charge < -0.3 is 5.32 Å². The molecule has 34 heavy (non-hydrogen) atoms. The third kappa shape index (κ3) is 6.07. The van der Waals surface area contributed by atoms with Crippen LogP contribution in [-0.2, 0) is 24.8 Å². The van der Waals surface area contributed by atoms with Crippen LogP contribution >= 0.6 is 11.6 Å². The molecule has 0 aliphatic carbocycles. The van der Waals surface area contributed by atoms with Crippen molar-refractivity contribution in [2.45, 2.75) is 24.8 Å². The lowest BCUT2D eigenvalue weighted by Gasteiger charge is -2.28. The fraction of sp³-hybridized carbons (Fsp3) is 0.174. The molecule has 0 spiro atoms. The van der Waals surface area contributed by atoms with Gasteiger partial charge in [0.25, 0.3) is 10.0 Å². The highest BCUT2D eigenvalue weighted by atomic mass is 35.5. The van der Waals surface area contributed by atoms with Crippen molar-refractivity contribution < 1.29 is 21.6 Å². The molecule has 0 bridgehead atoms. The third-order valence-electron chi connectivity index (χ3n) is 4.96. The number of anilines is 3. The van der Waals surface area contributed by atoms with Gasteiger partial charge in [-0.05, 0) is 67.9 Å². The van der Waals surface area contributed by atoms with Crippen LogP contribution in [0, 0.1) is 6.92 Å². The van der Waals surface area contributed by atoms with Crippen LogP contribution in [0.2, 0.25) is 5.02 Å². The minimum Gasteiger partial charge on any atom is -0.324 e. The second-order valence-corrected chi connectivity index (χ2v) is 11.6. The number of benzene rings is 3. The Morgan fingerprint density at radius 2 is 1.50 bits per heavy atom. The maximum absolute atomic E-state index is 12.8. The molecule has 180 valence electrons. The molecule has 3 aromatic carbocycles. The number of carbonyl (C=O) groups is 1. The Labute approximate surface area is 204 Å². The lowest BCUT2D eigenvalue weighted by molar-refractivity contribution is -0.116. The van der Waals surface area contributed by atoms with Crippen LogP contribution in [0.25, 0.3) is 0 Å². The van der Waals surface area contributed by atoms with E-state index in [9.17, 15) is 21.6 Å². The molecule has 0 radical (unpaired) electrons. The highest BCUT2D eigenvalue weighted by molar-refractivity contribution is 7.92. The number of nitrogens with one attached hydrogen (secondary N) is 2. The normalized spacial score (nSPS) is 12.6. The molecule has 0 saturated carbocycles. The molecule has 0 fully saturated rings. The molecule has 0 aliphatic heterocycles. The number of nitrogens with zero attached hydrogens (tertiary/aromatic N) is 1. The first kappa shape index (κ1) is 25.5. The lowest BCUT2D eigenvalue weighted by atomic mass is 10.2. The summed E-state index contributed by atoms with van der Waals surface area (Å²) in [5.41, 5.74) is 1.82. The van der Waals surface area contributed by atoms with Gasteiger partial charge in [-0.25, -0.2) is 16.8 Å². The van der Waals surface area contributed by atoms with E-state index in [-0.39, 0.29) is 4.90 Å². The van der Waals surface area contributed by atoms with Gasteiger partial charge in [-0.1, -0.05) is 35.9 Å². The van der Waals surface area contributed by atoms with Crippen LogP contribution in [0.3, 0.4) is 0 Å². The molecule has 0 heterocycles. The summed E-state index contributed by atoms with van der Waals surface area (Å²) in [7, 11) is -7.62. The van der Waals surface area contributed by atoms with Gasteiger partial charge in [0.1, 0.15) is 6.04 Å². The molecule has 0 aliphatic rings. The van der Waals surface area contributed by atoms with Crippen LogP contribution < -0.4 is 14.3 Å². The van der Waals surface area contributed by atoms with E-state index in [4.69, 9.17) is 11.6 Å². The standard InChI is InChI=1S/C23H24ClN3O5S2/c1-16-9-10-19(15-22(16)24)26-34(31,32)21-13-11-18(12-14-21)25-23(28)17(2)27(33(3,29)30)20-7-5-4-6-8-20/h4-15,17,26H,1-3H3,(H,25,28)/t17-/m0/s1. The van der Waals surface area contributed by atoms with Crippen LogP contribution in [0.4, 0.5) is 17.1 Å². The first-order chi connectivity index (χ1) is 15.9. The number of sulfonamides is 2. The number of hydrogen-bond donors (Lipinski definition) is 2. The molecule has 1 atom stereocenters. The van der Waals surface area contributed by atoms with E-state index < -0.39 is 32.0 Å². The number of carbonyl (C=O) groups excluding carboxylic acids is 1. The molecule has 0 saturated heterocycles. The Hall–Kier alpha value is -3.08. The predicted octanol–water partition coefficient (Wildman–Crippen LogP) is 4.24. The summed E-state index contributed by atoms with van der Waals surface area (Å²) in [6, 6.07) is 17.6. The summed E-state index contributed by atoms with van der Waals surface area (Å²) in [6.45, 7) is 3.28. The Balaban J connectivity index is 1.75. The van der Waals surface area contributed by atoms with Crippen molar-refractivity contribution in [3.05, 3.63) is 83.4 Å². The molecule has 2 N–H and O–H groups in total. The molecule has 0 unspecified atom stereocenters. The van der Waals surface area contributed by atoms with Crippen molar-refractivity contribution in [3.63, 3.8) is 0 Å². The van der Waals surface area contributed by atoms with Gasteiger partial charge in [-0.3, -0.25) is 13.8 Å². The average Bonchev–Trinajstić information content (AvgIpc) is 2.76. The predicted molar refractivity (Wildman–Crippen MR) is 135 cm³/mol. The van der Waals surface area contributed by atoms with Gasteiger partial charge in [0, 0.05) is 10.7 Å². The van der Waals surface area contributed by atoms with Gasteiger partial charge >= 0.3 is 0 Å². The van der Waals surface area contributed by atoms with Crippen molar-refractivity contribution in [1.82, 2.24) is 0 Å². The molecule has 1 amide bonds. The summed E-state index contributed by atoms with van der Waals surface area (Å²) in [5, 5.41) is 3.06. The average molecular weight is 522 g/mol. The number of para-hydroxylation sites is 1. The van der Waals surface area contributed by atoms with Gasteiger partial charge in [-0.15, -0.1) is 0 Å². The van der Waals surface area contributed by atoms with Crippen molar-refractivity contribution in [3.8, 4) is 0 Å². The van der Waals surface area contributed by atoms with E-state index in [0.717, 1.165) is 16.1 Å². The minimum atomic E-state index is -3.88. The molecular formula is C23H24ClN3O5S2. The summed E-state index contributed by atoms with van der Waals surface area (Å²) in [4.78, 5) is 12.8. The first-order valence-electron chi connectivity index (χ1n) is 10.1. The molecule has 0 aromatic heterocycles. The van der Waals surface area contributed by atoms with E-state index in [1.807, 2.05) is 6.92 Å². The van der Waals surface area contributed by atoms with E-state index in [1.54, 1.807) is 42.5 Å². The van der Waals surface area contributed by atoms with Crippen LogP contribution in [0.5, 0.6) is 0 Å². The fourth-order valence-corrected chi connectivity index (χ4v) is 5.62. The highest BCUT2D eigenvalue weighted by Crippen LogP contribution is 2.24. The largest absolute Gasteiger partial charge is 0.324 e. The van der Waals surface area contributed by atoms with E-state index in [0.29, 0.717) is 22.1 Å². The maximum atomic E-state index is 12.8. The monoisotopic (exact) mass is 521 g/mol. The zero-order valence-electron chi connectivity index (χ0n) is 18.7. The second-order valence-electron chi connectivity index (χ2n) is 7.65. The number of halogens is 1. The maximum Gasteiger partial charge on any atom is 0.261 e. The Bertz CT molecular complexity index is 1390. The molecule has 11 heteroatoms. The number of rotatable bonds is 8. The SMILES string of the molecule is Cc1ccc(NS(=O)(=O)c2ccc(NC(=O)[C@H](C)N(c3ccccc3)S(C)(=O)=O)cc2)cc1Cl. The number of aryl methyl sites for hydroxylation is 1. The summed E-state index contributed by atoms with van der Waals surface area (Å²) in [5.74, 6) is -0.572. The zero-order chi connectivity index (χ0) is 25.1. The smallest absolute Gasteiger partial charge is 0.261 e. The van der Waals surface area contributed by atoms with Crippen molar-refractivity contribution >= 4 is 54.6 Å². The first-order valence-corrected chi connectivity index (χ1v) is 13.8. The third-order valence-corrected chi connectivity index (χ3v) is 8.00. The Morgan fingerprint density at radius 3 is 2.06 bits per heavy atom. The quantitative estimate of drug-likeness (QED) is 0.460. The summed E-state index contributed by atoms with van der Waals surface area (Å²) >= 11 is 6.06. The molecule has 3 aromatic rings. The minimum absolute atomic E-state index is 0.0164. The van der Waals surface area contributed by atoms with Crippen molar-refractivity contribution in [2.75, 3.05) is 20.6 Å². The topological polar surface area (TPSA) is 113 Å². The highest BCUT2D eigenvalue weighted by Gasteiger charge is 2.29. The Morgan fingerprint density at radius 1 is 0.912 bits per heavy atom. The van der Waals surface area contributed by atoms with Gasteiger partial charge in [0.15, 0.2) is 0 Å². The summed E-state index contributed by atoms with van der Waals surface area (Å²) < 4.78 is 53.5. The molecule has 8 nitrogen and oxygen atoms in total. The second kappa shape index (κ2) is 10.0. The zero-order valence-corrected chi connectivity index (χ0v) is 21.1. The molecule has 3 rings (SSSR count). The number of hydrogen-bond acceptors (Lipinski definition) is 5. The molecular weight excluding hydrogens is 498 g/mol. The van der Waals surface area contributed by atoms with E-state index in [2.05, 4.69) is 10.0 Å².